The van der Waals surface area contributed by atoms with Crippen molar-refractivity contribution in [1.29, 1.82) is 0 Å². The minimum Gasteiger partial charge on any atom is -0.439 e. The van der Waals surface area contributed by atoms with E-state index in [2.05, 4.69) is 9.97 Å². The molecule has 6 nitrogen and oxygen atoms in total. The Bertz CT molecular complexity index is 1120. The number of carbonyl (C=O) groups is 1. The first-order chi connectivity index (χ1) is 15.7. The number of rotatable bonds is 4. The fraction of sp³-hybridized carbons (Fsp3) is 0.292. The van der Waals surface area contributed by atoms with E-state index in [-0.39, 0.29) is 11.5 Å². The van der Waals surface area contributed by atoms with Crippen LogP contribution >= 0.6 is 0 Å². The molecule has 0 radical (unpaired) electrons. The summed E-state index contributed by atoms with van der Waals surface area (Å²) in [5.41, 5.74) is 0.598. The van der Waals surface area contributed by atoms with Crippen LogP contribution in [0.2, 0.25) is 0 Å². The number of anilines is 1. The largest absolute Gasteiger partial charge is 0.439 e. The van der Waals surface area contributed by atoms with Crippen molar-refractivity contribution >= 4 is 11.7 Å². The fourth-order valence-electron chi connectivity index (χ4n) is 3.59. The van der Waals surface area contributed by atoms with E-state index in [1.54, 1.807) is 17.9 Å². The number of piperazine rings is 1. The number of alkyl halides is 3. The van der Waals surface area contributed by atoms with Gasteiger partial charge in [0.1, 0.15) is 17.4 Å². The number of nitrogens with zero attached hydrogens (tertiary/aromatic N) is 4. The molecule has 1 fully saturated rings. The molecule has 2 aromatic carbocycles. The van der Waals surface area contributed by atoms with Gasteiger partial charge in [0.2, 0.25) is 5.88 Å². The number of aryl methyl sites for hydroxylation is 2. The zero-order chi connectivity index (χ0) is 23.6. The lowest BCUT2D eigenvalue weighted by atomic mass is 10.1. The minimum absolute atomic E-state index is 0.239. The lowest BCUT2D eigenvalue weighted by Gasteiger charge is -2.35. The molecule has 1 aromatic heterocycles. The van der Waals surface area contributed by atoms with Crippen LogP contribution in [0.3, 0.4) is 0 Å². The third-order valence-corrected chi connectivity index (χ3v) is 5.39. The van der Waals surface area contributed by atoms with Crippen LogP contribution in [0.1, 0.15) is 27.3 Å². The molecule has 0 unspecified atom stereocenters. The molecular formula is C24H23F3N4O2. The maximum absolute atomic E-state index is 12.8. The Kier molecular flexibility index (Phi) is 6.22. The van der Waals surface area contributed by atoms with E-state index in [4.69, 9.17) is 4.74 Å². The number of hydrogen-bond acceptors (Lipinski definition) is 5. The van der Waals surface area contributed by atoms with E-state index < -0.39 is 11.7 Å². The number of ether oxygens (including phenoxy) is 1. The van der Waals surface area contributed by atoms with Crippen molar-refractivity contribution in [2.75, 3.05) is 31.1 Å². The van der Waals surface area contributed by atoms with Crippen molar-refractivity contribution in [1.82, 2.24) is 14.9 Å². The molecule has 1 amide bonds. The van der Waals surface area contributed by atoms with Gasteiger partial charge in [0.15, 0.2) is 0 Å². The van der Waals surface area contributed by atoms with E-state index in [0.29, 0.717) is 49.5 Å². The van der Waals surface area contributed by atoms with Gasteiger partial charge in [-0.05, 0) is 50.2 Å². The lowest BCUT2D eigenvalue weighted by Crippen LogP contribution is -2.49. The first-order valence-electron chi connectivity index (χ1n) is 10.5. The molecule has 0 atom stereocenters. The third kappa shape index (κ3) is 5.42. The Balaban J connectivity index is 1.40. The molecule has 0 bridgehead atoms. The Labute approximate surface area is 189 Å². The normalized spacial score (nSPS) is 14.3. The van der Waals surface area contributed by atoms with Crippen LogP contribution in [0, 0.1) is 13.8 Å². The zero-order valence-electron chi connectivity index (χ0n) is 18.3. The third-order valence-electron chi connectivity index (χ3n) is 5.39. The van der Waals surface area contributed by atoms with Gasteiger partial charge < -0.3 is 14.5 Å². The van der Waals surface area contributed by atoms with Gasteiger partial charge in [0, 0.05) is 37.8 Å². The molecule has 0 saturated carbocycles. The Morgan fingerprint density at radius 1 is 0.909 bits per heavy atom. The highest BCUT2D eigenvalue weighted by Gasteiger charge is 2.31. The molecule has 0 spiro atoms. The van der Waals surface area contributed by atoms with Crippen LogP contribution < -0.4 is 9.64 Å². The Hall–Kier alpha value is -3.62. The monoisotopic (exact) mass is 456 g/mol. The van der Waals surface area contributed by atoms with Crippen LogP contribution in [-0.2, 0) is 6.18 Å². The molecule has 33 heavy (non-hydrogen) atoms. The Morgan fingerprint density at radius 3 is 2.15 bits per heavy atom. The SMILES string of the molecule is Cc1ccc(Oc2cc(N3CCN(C(=O)c4ccc(C(F)(F)F)cc4)CC3)nc(C)n2)cc1. The van der Waals surface area contributed by atoms with Gasteiger partial charge in [0.05, 0.1) is 5.56 Å². The molecule has 9 heteroatoms. The summed E-state index contributed by atoms with van der Waals surface area (Å²) < 4.78 is 44.1. The summed E-state index contributed by atoms with van der Waals surface area (Å²) in [6.45, 7) is 5.71. The second-order valence-corrected chi connectivity index (χ2v) is 7.88. The number of benzene rings is 2. The van der Waals surface area contributed by atoms with Crippen molar-refractivity contribution in [2.24, 2.45) is 0 Å². The van der Waals surface area contributed by atoms with E-state index in [0.717, 1.165) is 17.7 Å². The van der Waals surface area contributed by atoms with Gasteiger partial charge in [-0.2, -0.15) is 18.2 Å². The van der Waals surface area contributed by atoms with E-state index in [1.165, 1.54) is 12.1 Å². The average Bonchev–Trinajstić information content (AvgIpc) is 2.79. The van der Waals surface area contributed by atoms with E-state index >= 15 is 0 Å². The van der Waals surface area contributed by atoms with Gasteiger partial charge in [-0.1, -0.05) is 17.7 Å². The van der Waals surface area contributed by atoms with E-state index in [9.17, 15) is 18.0 Å². The number of hydrogen-bond donors (Lipinski definition) is 0. The van der Waals surface area contributed by atoms with Gasteiger partial charge >= 0.3 is 6.18 Å². The predicted octanol–water partition coefficient (Wildman–Crippen LogP) is 4.87. The number of halogens is 3. The van der Waals surface area contributed by atoms with Crippen molar-refractivity contribution in [3.8, 4) is 11.6 Å². The number of carbonyl (C=O) groups excluding carboxylic acids is 1. The maximum Gasteiger partial charge on any atom is 0.416 e. The van der Waals surface area contributed by atoms with Crippen molar-refractivity contribution in [3.05, 3.63) is 77.1 Å². The molecule has 1 saturated heterocycles. The summed E-state index contributed by atoms with van der Waals surface area (Å²) in [4.78, 5) is 25.2. The van der Waals surface area contributed by atoms with Crippen LogP contribution in [0.4, 0.5) is 19.0 Å². The predicted molar refractivity (Wildman–Crippen MR) is 118 cm³/mol. The summed E-state index contributed by atoms with van der Waals surface area (Å²) in [6.07, 6.45) is -4.43. The summed E-state index contributed by atoms with van der Waals surface area (Å²) in [6, 6.07) is 13.7. The second-order valence-electron chi connectivity index (χ2n) is 7.88. The molecule has 1 aliphatic rings. The maximum atomic E-state index is 12.8. The molecular weight excluding hydrogens is 433 g/mol. The molecule has 172 valence electrons. The van der Waals surface area contributed by atoms with Crippen LogP contribution in [0.15, 0.2) is 54.6 Å². The molecule has 4 rings (SSSR count). The first kappa shape index (κ1) is 22.6. The average molecular weight is 456 g/mol. The Morgan fingerprint density at radius 2 is 1.55 bits per heavy atom. The minimum atomic E-state index is -4.43. The van der Waals surface area contributed by atoms with Crippen LogP contribution in [0.25, 0.3) is 0 Å². The van der Waals surface area contributed by atoms with Crippen LogP contribution in [0.5, 0.6) is 11.6 Å². The van der Waals surface area contributed by atoms with Gasteiger partial charge in [0.25, 0.3) is 5.91 Å². The molecule has 1 aliphatic heterocycles. The summed E-state index contributed by atoms with van der Waals surface area (Å²) in [7, 11) is 0. The second kappa shape index (κ2) is 9.09. The standard InChI is InChI=1S/C24H23F3N4O2/c1-16-3-9-20(10-4-16)33-22-15-21(28-17(2)29-22)30-11-13-31(14-12-30)23(32)18-5-7-19(8-6-18)24(25,26)27/h3-10,15H,11-14H2,1-2H3. The molecule has 0 aliphatic carbocycles. The number of amides is 1. The lowest BCUT2D eigenvalue weighted by molar-refractivity contribution is -0.137. The highest BCUT2D eigenvalue weighted by molar-refractivity contribution is 5.94. The molecule has 2 heterocycles. The van der Waals surface area contributed by atoms with E-state index in [1.807, 2.05) is 36.1 Å². The quantitative estimate of drug-likeness (QED) is 0.561. The first-order valence-corrected chi connectivity index (χ1v) is 10.5. The zero-order valence-corrected chi connectivity index (χ0v) is 18.3. The van der Waals surface area contributed by atoms with Gasteiger partial charge in [-0.3, -0.25) is 4.79 Å². The van der Waals surface area contributed by atoms with Crippen molar-refractivity contribution in [3.63, 3.8) is 0 Å². The fourth-order valence-corrected chi connectivity index (χ4v) is 3.59. The van der Waals surface area contributed by atoms with Crippen molar-refractivity contribution < 1.29 is 22.7 Å². The molecule has 0 N–H and O–H groups in total. The van der Waals surface area contributed by atoms with Crippen LogP contribution in [-0.4, -0.2) is 47.0 Å². The summed E-state index contributed by atoms with van der Waals surface area (Å²) in [5.74, 6) is 2.09. The smallest absolute Gasteiger partial charge is 0.416 e. The summed E-state index contributed by atoms with van der Waals surface area (Å²) >= 11 is 0. The molecule has 3 aromatic rings. The highest BCUT2D eigenvalue weighted by Crippen LogP contribution is 2.29. The van der Waals surface area contributed by atoms with Gasteiger partial charge in [-0.25, -0.2) is 4.98 Å². The summed E-state index contributed by atoms with van der Waals surface area (Å²) in [5, 5.41) is 0. The topological polar surface area (TPSA) is 58.6 Å². The highest BCUT2D eigenvalue weighted by atomic mass is 19.4. The van der Waals surface area contributed by atoms with Crippen molar-refractivity contribution in [2.45, 2.75) is 20.0 Å². The van der Waals surface area contributed by atoms with Gasteiger partial charge in [-0.15, -0.1) is 0 Å². The number of aromatic nitrogens is 2.